The number of nitrogens with two attached hydrogens (primary N) is 1. The smallest absolute Gasteiger partial charge is 0.322 e. The number of aryl methyl sites for hydroxylation is 1. The van der Waals surface area contributed by atoms with Gasteiger partial charge in [0, 0.05) is 29.4 Å². The van der Waals surface area contributed by atoms with Crippen LogP contribution in [0, 0.1) is 29.6 Å². The third kappa shape index (κ3) is 4.77. The quantitative estimate of drug-likeness (QED) is 0.463. The fraction of sp³-hybridized carbons (Fsp3) is 0.269. The van der Waals surface area contributed by atoms with E-state index in [-0.39, 0.29) is 6.61 Å². The second-order valence-corrected chi connectivity index (χ2v) is 8.90. The van der Waals surface area contributed by atoms with E-state index in [2.05, 4.69) is 32.7 Å². The SMILES string of the molecule is Cc1ccc(C#N)cc1Nc1nccc(-c2cc(C#N)c3c(c2)[C@@](C)(COC(=O)[C@@H](C)N)CN3)n1. The number of nitriles is 2. The van der Waals surface area contributed by atoms with E-state index >= 15 is 0 Å². The number of hydrogen-bond acceptors (Lipinski definition) is 9. The van der Waals surface area contributed by atoms with Gasteiger partial charge in [-0.05, 0) is 55.3 Å². The van der Waals surface area contributed by atoms with Gasteiger partial charge in [0.25, 0.3) is 0 Å². The van der Waals surface area contributed by atoms with E-state index in [1.165, 1.54) is 0 Å². The van der Waals surface area contributed by atoms with Gasteiger partial charge in [-0.3, -0.25) is 4.79 Å². The number of ether oxygens (including phenoxy) is 1. The minimum Gasteiger partial charge on any atom is -0.464 e. The van der Waals surface area contributed by atoms with Crippen LogP contribution in [0.25, 0.3) is 11.3 Å². The first-order valence-electron chi connectivity index (χ1n) is 11.1. The van der Waals surface area contributed by atoms with Gasteiger partial charge in [-0.2, -0.15) is 10.5 Å². The third-order valence-corrected chi connectivity index (χ3v) is 6.03. The van der Waals surface area contributed by atoms with Crippen LogP contribution in [0.4, 0.5) is 17.3 Å². The van der Waals surface area contributed by atoms with Crippen molar-refractivity contribution in [3.05, 3.63) is 64.8 Å². The third-order valence-electron chi connectivity index (χ3n) is 6.03. The summed E-state index contributed by atoms with van der Waals surface area (Å²) in [6, 6.07) is 14.5. The summed E-state index contributed by atoms with van der Waals surface area (Å²) < 4.78 is 5.44. The number of anilines is 3. The van der Waals surface area contributed by atoms with E-state index in [9.17, 15) is 15.3 Å². The minimum absolute atomic E-state index is 0.132. The van der Waals surface area contributed by atoms with E-state index < -0.39 is 17.4 Å². The van der Waals surface area contributed by atoms with Gasteiger partial charge in [-0.25, -0.2) is 9.97 Å². The van der Waals surface area contributed by atoms with Crippen molar-refractivity contribution in [1.82, 2.24) is 9.97 Å². The standard InChI is InChI=1S/C26H25N7O2/c1-15-4-5-17(11-27)8-22(15)33-25-30-7-6-21(32-25)18-9-19(12-28)23-20(10-18)26(3,13-31-23)14-35-24(34)16(2)29/h4-10,16,31H,13-14,29H2,1-3H3,(H,30,32,33)/t16-,26-/m1/s1. The van der Waals surface area contributed by atoms with Crippen molar-refractivity contribution in [2.45, 2.75) is 32.2 Å². The second-order valence-electron chi connectivity index (χ2n) is 8.90. The number of nitrogens with one attached hydrogen (secondary N) is 2. The van der Waals surface area contributed by atoms with Crippen molar-refractivity contribution in [2.75, 3.05) is 23.8 Å². The predicted octanol–water partition coefficient (Wildman–Crippen LogP) is 3.51. The fourth-order valence-corrected chi connectivity index (χ4v) is 3.94. The topological polar surface area (TPSA) is 150 Å². The molecule has 0 saturated heterocycles. The average molecular weight is 468 g/mol. The Morgan fingerprint density at radius 1 is 1.29 bits per heavy atom. The Morgan fingerprint density at radius 2 is 2.09 bits per heavy atom. The van der Waals surface area contributed by atoms with Crippen molar-refractivity contribution < 1.29 is 9.53 Å². The molecular formula is C26H25N7O2. The number of fused-ring (bicyclic) bond motifs is 1. The first-order valence-corrected chi connectivity index (χ1v) is 11.1. The lowest BCUT2D eigenvalue weighted by atomic mass is 9.83. The van der Waals surface area contributed by atoms with Gasteiger partial charge in [0.15, 0.2) is 0 Å². The van der Waals surface area contributed by atoms with Crippen LogP contribution in [0.2, 0.25) is 0 Å². The van der Waals surface area contributed by atoms with Crippen molar-refractivity contribution in [3.8, 4) is 23.4 Å². The Hall–Kier alpha value is -4.47. The monoisotopic (exact) mass is 467 g/mol. The normalized spacial score (nSPS) is 16.9. The molecule has 4 rings (SSSR count). The predicted molar refractivity (Wildman–Crippen MR) is 132 cm³/mol. The molecule has 176 valence electrons. The second kappa shape index (κ2) is 9.41. The molecule has 0 spiro atoms. The van der Waals surface area contributed by atoms with E-state index in [1.807, 2.05) is 26.0 Å². The van der Waals surface area contributed by atoms with Crippen LogP contribution in [0.3, 0.4) is 0 Å². The molecule has 4 N–H and O–H groups in total. The molecule has 3 aromatic rings. The molecule has 1 aromatic heterocycles. The number of carbonyl (C=O) groups excluding carboxylic acids is 1. The fourth-order valence-electron chi connectivity index (χ4n) is 3.94. The van der Waals surface area contributed by atoms with Gasteiger partial charge in [-0.1, -0.05) is 13.0 Å². The number of benzene rings is 2. The van der Waals surface area contributed by atoms with Crippen LogP contribution in [-0.4, -0.2) is 35.1 Å². The lowest BCUT2D eigenvalue weighted by Gasteiger charge is -2.24. The summed E-state index contributed by atoms with van der Waals surface area (Å²) in [4.78, 5) is 20.9. The lowest BCUT2D eigenvalue weighted by molar-refractivity contribution is -0.146. The Bertz CT molecular complexity index is 1390. The molecule has 0 fully saturated rings. The molecule has 9 nitrogen and oxygen atoms in total. The van der Waals surface area contributed by atoms with Crippen molar-refractivity contribution in [3.63, 3.8) is 0 Å². The number of hydrogen-bond donors (Lipinski definition) is 3. The highest BCUT2D eigenvalue weighted by Crippen LogP contribution is 2.41. The molecule has 0 amide bonds. The Kier molecular flexibility index (Phi) is 6.37. The first kappa shape index (κ1) is 23.7. The van der Waals surface area contributed by atoms with E-state index in [0.717, 1.165) is 28.1 Å². The highest BCUT2D eigenvalue weighted by molar-refractivity contribution is 5.78. The number of rotatable bonds is 6. The Balaban J connectivity index is 1.69. The maximum atomic E-state index is 12.0. The zero-order valence-electron chi connectivity index (χ0n) is 19.7. The van der Waals surface area contributed by atoms with E-state index in [4.69, 9.17) is 10.5 Å². The number of esters is 1. The molecule has 9 heteroatoms. The van der Waals surface area contributed by atoms with Gasteiger partial charge in [-0.15, -0.1) is 0 Å². The van der Waals surface area contributed by atoms with Crippen molar-refractivity contribution in [1.29, 1.82) is 10.5 Å². The first-order chi connectivity index (χ1) is 16.7. The summed E-state index contributed by atoms with van der Waals surface area (Å²) in [5.41, 5.74) is 10.7. The lowest BCUT2D eigenvalue weighted by Crippen LogP contribution is -2.36. The van der Waals surface area contributed by atoms with Gasteiger partial charge < -0.3 is 21.1 Å². The summed E-state index contributed by atoms with van der Waals surface area (Å²) in [5, 5.41) is 25.5. The summed E-state index contributed by atoms with van der Waals surface area (Å²) in [7, 11) is 0. The molecule has 0 unspecified atom stereocenters. The zero-order valence-corrected chi connectivity index (χ0v) is 19.7. The summed E-state index contributed by atoms with van der Waals surface area (Å²) in [6.07, 6.45) is 1.63. The average Bonchev–Trinajstić information content (AvgIpc) is 3.20. The van der Waals surface area contributed by atoms with Crippen LogP contribution < -0.4 is 16.4 Å². The van der Waals surface area contributed by atoms with Crippen LogP contribution in [0.15, 0.2) is 42.6 Å². The van der Waals surface area contributed by atoms with Gasteiger partial charge in [0.2, 0.25) is 5.95 Å². The van der Waals surface area contributed by atoms with Crippen molar-refractivity contribution >= 4 is 23.3 Å². The highest BCUT2D eigenvalue weighted by Gasteiger charge is 2.38. The zero-order chi connectivity index (χ0) is 25.2. The molecule has 0 aliphatic carbocycles. The molecule has 1 aliphatic heterocycles. The molecule has 0 radical (unpaired) electrons. The molecule has 1 aliphatic rings. The minimum atomic E-state index is -0.710. The number of aromatic nitrogens is 2. The molecule has 2 heterocycles. The van der Waals surface area contributed by atoms with Gasteiger partial charge in [0.05, 0.1) is 28.6 Å². The Morgan fingerprint density at radius 3 is 2.80 bits per heavy atom. The molecule has 2 aromatic carbocycles. The van der Waals surface area contributed by atoms with Crippen LogP contribution in [-0.2, 0) is 14.9 Å². The molecule has 35 heavy (non-hydrogen) atoms. The number of carbonyl (C=O) groups is 1. The van der Waals surface area contributed by atoms with Crippen LogP contribution in [0.5, 0.6) is 0 Å². The maximum absolute atomic E-state index is 12.0. The molecule has 0 bridgehead atoms. The maximum Gasteiger partial charge on any atom is 0.322 e. The Labute approximate surface area is 203 Å². The molecule has 2 atom stereocenters. The van der Waals surface area contributed by atoms with E-state index in [1.54, 1.807) is 37.4 Å². The van der Waals surface area contributed by atoms with Crippen LogP contribution >= 0.6 is 0 Å². The van der Waals surface area contributed by atoms with Gasteiger partial charge in [0.1, 0.15) is 18.7 Å². The highest BCUT2D eigenvalue weighted by atomic mass is 16.5. The summed E-state index contributed by atoms with van der Waals surface area (Å²) in [6.45, 7) is 6.13. The molecule has 0 saturated carbocycles. The molecular weight excluding hydrogens is 442 g/mol. The number of nitrogens with zero attached hydrogens (tertiary/aromatic N) is 4. The summed E-state index contributed by atoms with van der Waals surface area (Å²) >= 11 is 0. The summed E-state index contributed by atoms with van der Waals surface area (Å²) in [5.74, 6) is -0.106. The largest absolute Gasteiger partial charge is 0.464 e. The van der Waals surface area contributed by atoms with Gasteiger partial charge >= 0.3 is 5.97 Å². The van der Waals surface area contributed by atoms with E-state index in [0.29, 0.717) is 29.3 Å². The van der Waals surface area contributed by atoms with Crippen LogP contribution in [0.1, 0.15) is 36.1 Å². The van der Waals surface area contributed by atoms with Crippen molar-refractivity contribution in [2.24, 2.45) is 5.73 Å².